The fourth-order valence-electron chi connectivity index (χ4n) is 9.33. The topological polar surface area (TPSA) is 89.8 Å². The van der Waals surface area contributed by atoms with Crippen molar-refractivity contribution in [3.05, 3.63) is 0 Å². The minimum atomic E-state index is -0.715. The van der Waals surface area contributed by atoms with Crippen LogP contribution in [0.3, 0.4) is 0 Å². The number of carboxylic acid groups (broad SMARTS) is 1. The predicted molar refractivity (Wildman–Crippen MR) is 126 cm³/mol. The van der Waals surface area contributed by atoms with E-state index in [-0.39, 0.29) is 29.5 Å². The van der Waals surface area contributed by atoms with Gasteiger partial charge in [-0.2, -0.15) is 0 Å². The van der Waals surface area contributed by atoms with Gasteiger partial charge in [-0.25, -0.2) is 0 Å². The van der Waals surface area contributed by atoms with Crippen LogP contribution in [0.5, 0.6) is 0 Å². The summed E-state index contributed by atoms with van der Waals surface area (Å²) in [6, 6.07) is 0.858. The highest BCUT2D eigenvalue weighted by Crippen LogP contribution is 2.68. The normalized spacial score (nSPS) is 49.2. The van der Waals surface area contributed by atoms with Crippen LogP contribution in [0.15, 0.2) is 0 Å². The predicted octanol–water partition coefficient (Wildman–Crippen LogP) is 4.45. The molecule has 5 nitrogen and oxygen atoms in total. The van der Waals surface area contributed by atoms with Crippen LogP contribution in [-0.4, -0.2) is 45.6 Å². The van der Waals surface area contributed by atoms with E-state index in [2.05, 4.69) is 39.9 Å². The number of hydrogen-bond acceptors (Lipinski definition) is 4. The van der Waals surface area contributed by atoms with Crippen molar-refractivity contribution in [2.75, 3.05) is 0 Å². The van der Waals surface area contributed by atoms with Gasteiger partial charge in [-0.1, -0.05) is 34.6 Å². The van der Waals surface area contributed by atoms with Crippen LogP contribution < -0.4 is 5.32 Å². The summed E-state index contributed by atoms with van der Waals surface area (Å²) in [4.78, 5) is 11.2. The molecule has 32 heavy (non-hydrogen) atoms. The average Bonchev–Trinajstić information content (AvgIpc) is 3.06. The quantitative estimate of drug-likeness (QED) is 0.481. The number of fused-ring (bicyclic) bond motifs is 5. The van der Waals surface area contributed by atoms with E-state index < -0.39 is 5.97 Å². The highest BCUT2D eigenvalue weighted by atomic mass is 16.4. The monoisotopic (exact) mass is 449 g/mol. The summed E-state index contributed by atoms with van der Waals surface area (Å²) in [6.45, 7) is 11.5. The van der Waals surface area contributed by atoms with Gasteiger partial charge in [-0.15, -0.1) is 0 Å². The molecule has 4 saturated carbocycles. The molecule has 0 heterocycles. The largest absolute Gasteiger partial charge is 0.481 e. The summed E-state index contributed by atoms with van der Waals surface area (Å²) in [5.41, 5.74) is 0.0712. The first-order chi connectivity index (χ1) is 15.0. The molecule has 0 aromatic rings. The molecule has 0 saturated heterocycles. The first-order valence-electron chi connectivity index (χ1n) is 13.3. The Kier molecular flexibility index (Phi) is 6.77. The van der Waals surface area contributed by atoms with E-state index in [1.165, 1.54) is 0 Å². The van der Waals surface area contributed by atoms with E-state index >= 15 is 0 Å². The lowest BCUT2D eigenvalue weighted by Gasteiger charge is -2.64. The van der Waals surface area contributed by atoms with E-state index in [4.69, 9.17) is 0 Å². The van der Waals surface area contributed by atoms with Gasteiger partial charge in [0, 0.05) is 18.5 Å². The van der Waals surface area contributed by atoms with Crippen molar-refractivity contribution in [2.45, 2.75) is 117 Å². The van der Waals surface area contributed by atoms with Crippen molar-refractivity contribution in [1.29, 1.82) is 0 Å². The number of aliphatic carboxylic acids is 1. The Bertz CT molecular complexity index is 697. The zero-order chi connectivity index (χ0) is 23.4. The van der Waals surface area contributed by atoms with Gasteiger partial charge in [0.25, 0.3) is 0 Å². The number of carbonyl (C=O) groups is 1. The Balaban J connectivity index is 1.66. The number of aliphatic hydroxyl groups excluding tert-OH is 2. The van der Waals surface area contributed by atoms with E-state index in [0.717, 1.165) is 44.9 Å². The molecule has 4 N–H and O–H groups in total. The molecule has 4 aliphatic carbocycles. The Labute approximate surface area is 194 Å². The van der Waals surface area contributed by atoms with Crippen LogP contribution >= 0.6 is 0 Å². The average molecular weight is 450 g/mol. The number of nitrogens with one attached hydrogen (secondary N) is 1. The molecular weight excluding hydrogens is 402 g/mol. The van der Waals surface area contributed by atoms with Crippen LogP contribution in [-0.2, 0) is 4.79 Å². The molecular formula is C27H47NO4. The third kappa shape index (κ3) is 3.94. The highest BCUT2D eigenvalue weighted by molar-refractivity contribution is 5.66. The van der Waals surface area contributed by atoms with Crippen LogP contribution in [0.25, 0.3) is 0 Å². The molecule has 0 aromatic heterocycles. The number of rotatable bonds is 6. The van der Waals surface area contributed by atoms with Gasteiger partial charge in [0.2, 0.25) is 0 Å². The number of carboxylic acids is 1. The van der Waals surface area contributed by atoms with E-state index in [1.54, 1.807) is 0 Å². The van der Waals surface area contributed by atoms with E-state index in [9.17, 15) is 20.1 Å². The smallest absolute Gasteiger partial charge is 0.303 e. The molecule has 5 heteroatoms. The Hall–Kier alpha value is -0.650. The second-order valence-corrected chi connectivity index (χ2v) is 12.8. The van der Waals surface area contributed by atoms with E-state index in [1.807, 2.05) is 0 Å². The third-order valence-electron chi connectivity index (χ3n) is 10.9. The molecule has 0 aliphatic heterocycles. The molecule has 0 radical (unpaired) electrons. The first kappa shape index (κ1) is 24.5. The van der Waals surface area contributed by atoms with Crippen LogP contribution in [0.1, 0.15) is 92.4 Å². The lowest BCUT2D eigenvalue weighted by atomic mass is 9.42. The molecule has 4 fully saturated rings. The van der Waals surface area contributed by atoms with Gasteiger partial charge in [-0.05, 0) is 97.7 Å². The van der Waals surface area contributed by atoms with Crippen LogP contribution in [0.4, 0.5) is 0 Å². The Morgan fingerprint density at radius 3 is 2.41 bits per heavy atom. The molecule has 0 spiro atoms. The second-order valence-electron chi connectivity index (χ2n) is 12.8. The number of aliphatic hydroxyl groups is 2. The van der Waals surface area contributed by atoms with Gasteiger partial charge in [0.15, 0.2) is 0 Å². The zero-order valence-corrected chi connectivity index (χ0v) is 20.9. The molecule has 11 atom stereocenters. The van der Waals surface area contributed by atoms with Gasteiger partial charge < -0.3 is 20.6 Å². The van der Waals surface area contributed by atoms with E-state index in [0.29, 0.717) is 54.0 Å². The molecule has 4 aliphatic rings. The summed E-state index contributed by atoms with van der Waals surface area (Å²) >= 11 is 0. The molecule has 4 rings (SSSR count). The van der Waals surface area contributed by atoms with Crippen molar-refractivity contribution in [3.63, 3.8) is 0 Å². The molecule has 0 amide bonds. The molecule has 2 unspecified atom stereocenters. The maximum atomic E-state index is 11.7. The molecule has 184 valence electrons. The molecule has 0 bridgehead atoms. The van der Waals surface area contributed by atoms with Crippen LogP contribution in [0.2, 0.25) is 0 Å². The third-order valence-corrected chi connectivity index (χ3v) is 10.9. The fourth-order valence-corrected chi connectivity index (χ4v) is 9.33. The maximum Gasteiger partial charge on any atom is 0.303 e. The Morgan fingerprint density at radius 2 is 1.75 bits per heavy atom. The highest BCUT2D eigenvalue weighted by Gasteiger charge is 2.65. The second kappa shape index (κ2) is 8.85. The minimum absolute atomic E-state index is 0.132. The summed E-state index contributed by atoms with van der Waals surface area (Å²) in [5.74, 6) is 2.04. The van der Waals surface area contributed by atoms with Crippen molar-refractivity contribution in [2.24, 2.45) is 46.3 Å². The first-order valence-corrected chi connectivity index (χ1v) is 13.3. The standard InChI is InChI=1S/C27H47NO4/c1-15(2)28-22-13-17-12-18(29)10-11-26(17,4)21-14-23(30)27(5)19(7-8-20(27)25(21)22)16(3)6-9-24(31)32/h15-23,25,28-30H,6-14H2,1-5H3,(H,31,32)/t16-,17+,18-,19-,20+,21+,22?,23?,25+,26+,27-/m1/s1. The van der Waals surface area contributed by atoms with Gasteiger partial charge in [0.05, 0.1) is 12.2 Å². The fraction of sp³-hybridized carbons (Fsp3) is 0.963. The summed E-state index contributed by atoms with van der Waals surface area (Å²) in [6.07, 6.45) is 7.55. The SMILES string of the molecule is CC(C)NC1C[C@@H]2C[C@H](O)CC[C@]2(C)[C@H]2CC(O)[C@]3(C)[C@@H]([C@H](C)CCC(=O)O)CC[C@H]3[C@H]12. The zero-order valence-electron chi connectivity index (χ0n) is 20.9. The molecule has 0 aromatic carbocycles. The van der Waals surface area contributed by atoms with Gasteiger partial charge >= 0.3 is 5.97 Å². The van der Waals surface area contributed by atoms with Gasteiger partial charge in [-0.3, -0.25) is 4.79 Å². The lowest BCUT2D eigenvalue weighted by molar-refractivity contribution is -0.184. The van der Waals surface area contributed by atoms with Gasteiger partial charge in [0.1, 0.15) is 0 Å². The maximum absolute atomic E-state index is 11.7. The van der Waals surface area contributed by atoms with Crippen molar-refractivity contribution < 1.29 is 20.1 Å². The summed E-state index contributed by atoms with van der Waals surface area (Å²) < 4.78 is 0. The minimum Gasteiger partial charge on any atom is -0.481 e. The van der Waals surface area contributed by atoms with Crippen molar-refractivity contribution in [1.82, 2.24) is 5.32 Å². The van der Waals surface area contributed by atoms with Crippen molar-refractivity contribution in [3.8, 4) is 0 Å². The Morgan fingerprint density at radius 1 is 1.03 bits per heavy atom. The summed E-state index contributed by atoms with van der Waals surface area (Å²) in [7, 11) is 0. The lowest BCUT2D eigenvalue weighted by Crippen LogP contribution is -2.65. The van der Waals surface area contributed by atoms with Crippen LogP contribution in [0, 0.1) is 46.3 Å². The number of hydrogen-bond donors (Lipinski definition) is 4. The van der Waals surface area contributed by atoms with Crippen molar-refractivity contribution >= 4 is 5.97 Å². The summed E-state index contributed by atoms with van der Waals surface area (Å²) in [5, 5.41) is 35.3.